The van der Waals surface area contributed by atoms with Crippen LogP contribution < -0.4 is 0 Å². The van der Waals surface area contributed by atoms with Crippen LogP contribution in [-0.2, 0) is 9.59 Å². The fourth-order valence-corrected chi connectivity index (χ4v) is 6.38. The third-order valence-corrected chi connectivity index (χ3v) is 8.79. The molecule has 190 valence electrons. The van der Waals surface area contributed by atoms with Crippen molar-refractivity contribution in [1.29, 1.82) is 0 Å². The summed E-state index contributed by atoms with van der Waals surface area (Å²) in [5, 5.41) is 9.66. The lowest BCUT2D eigenvalue weighted by Crippen LogP contribution is -2.33. The molecule has 2 aliphatic carbocycles. The van der Waals surface area contributed by atoms with Crippen molar-refractivity contribution >= 4 is 11.8 Å². The lowest BCUT2D eigenvalue weighted by molar-refractivity contribution is -0.151. The number of ketones is 1. The van der Waals surface area contributed by atoms with E-state index in [0.717, 1.165) is 57.8 Å². The van der Waals surface area contributed by atoms with E-state index in [0.29, 0.717) is 5.78 Å². The topological polar surface area (TPSA) is 54.4 Å². The molecule has 2 rings (SSSR count). The summed E-state index contributed by atoms with van der Waals surface area (Å²) in [7, 11) is 0. The summed E-state index contributed by atoms with van der Waals surface area (Å²) < 4.78 is 0. The fourth-order valence-electron chi connectivity index (χ4n) is 6.38. The Bertz CT molecular complexity index is 579. The summed E-state index contributed by atoms with van der Waals surface area (Å²) in [5.74, 6) is -0.102. The molecule has 0 heterocycles. The third-order valence-electron chi connectivity index (χ3n) is 8.79. The van der Waals surface area contributed by atoms with E-state index in [9.17, 15) is 14.7 Å². The van der Waals surface area contributed by atoms with Crippen molar-refractivity contribution in [2.24, 2.45) is 10.8 Å². The van der Waals surface area contributed by atoms with Crippen LogP contribution in [0, 0.1) is 10.8 Å². The average molecular weight is 461 g/mol. The van der Waals surface area contributed by atoms with Gasteiger partial charge in [0.1, 0.15) is 5.78 Å². The maximum atomic E-state index is 12.2. The molecule has 0 unspecified atom stereocenters. The van der Waals surface area contributed by atoms with Crippen molar-refractivity contribution in [3.8, 4) is 0 Å². The Labute approximate surface area is 204 Å². The van der Waals surface area contributed by atoms with Gasteiger partial charge in [0, 0.05) is 5.41 Å². The van der Waals surface area contributed by atoms with Crippen LogP contribution in [0.2, 0.25) is 0 Å². The van der Waals surface area contributed by atoms with Gasteiger partial charge in [0.15, 0.2) is 0 Å². The molecule has 0 aromatic carbocycles. The monoisotopic (exact) mass is 460 g/mol. The molecular weight excluding hydrogens is 408 g/mol. The number of carboxylic acids is 1. The Balaban J connectivity index is 1.40. The summed E-state index contributed by atoms with van der Waals surface area (Å²) >= 11 is 0. The summed E-state index contributed by atoms with van der Waals surface area (Å²) in [6.07, 6.45) is 31.4. The molecule has 0 radical (unpaired) electrons. The highest BCUT2D eigenvalue weighted by molar-refractivity contribution is 5.82. The zero-order valence-electron chi connectivity index (χ0n) is 21.7. The number of rotatable bonds is 17. The average Bonchev–Trinajstić information content (AvgIpc) is 2.82. The van der Waals surface area contributed by atoms with Gasteiger partial charge in [0.05, 0.1) is 5.41 Å². The van der Waals surface area contributed by atoms with Crippen molar-refractivity contribution in [2.75, 3.05) is 0 Å². The molecule has 0 aliphatic heterocycles. The Hall–Kier alpha value is -1.12. The first-order valence-corrected chi connectivity index (χ1v) is 14.4. The van der Waals surface area contributed by atoms with Gasteiger partial charge in [-0.25, -0.2) is 0 Å². The molecule has 1 N–H and O–H groups in total. The van der Waals surface area contributed by atoms with Gasteiger partial charge in [0.25, 0.3) is 0 Å². The van der Waals surface area contributed by atoms with Gasteiger partial charge in [-0.15, -0.1) is 0 Å². The quantitative estimate of drug-likeness (QED) is 0.174. The maximum absolute atomic E-state index is 12.2. The molecule has 3 nitrogen and oxygen atoms in total. The Morgan fingerprint density at radius 2 is 1.00 bits per heavy atom. The van der Waals surface area contributed by atoms with E-state index in [-0.39, 0.29) is 5.41 Å². The van der Waals surface area contributed by atoms with Gasteiger partial charge in [-0.2, -0.15) is 0 Å². The summed E-state index contributed by atoms with van der Waals surface area (Å²) in [4.78, 5) is 23.9. The number of unbranched alkanes of at least 4 members (excludes halogenated alkanes) is 9. The fraction of sp³-hybridized carbons (Fsp3) is 0.867. The van der Waals surface area contributed by atoms with Crippen LogP contribution in [0.3, 0.4) is 0 Å². The molecule has 0 amide bonds. The number of allylic oxidation sites excluding steroid dienone is 2. The van der Waals surface area contributed by atoms with E-state index >= 15 is 0 Å². The van der Waals surface area contributed by atoms with Crippen LogP contribution in [0.1, 0.15) is 155 Å². The van der Waals surface area contributed by atoms with E-state index in [1.807, 2.05) is 6.92 Å². The molecule has 0 aromatic heterocycles. The molecule has 0 saturated heterocycles. The minimum absolute atomic E-state index is 0.0334. The standard InChI is InChI=1S/C30H52O3/c1-27(31)29(22-17-13-18-23-29)21-15-11-9-7-5-3-2-4-6-8-10-12-16-24-30(28(32)33)25-19-14-20-26-30/h2-3H,4-26H2,1H3,(H,32,33). The van der Waals surface area contributed by atoms with E-state index in [1.165, 1.54) is 89.9 Å². The van der Waals surface area contributed by atoms with Gasteiger partial charge in [0.2, 0.25) is 0 Å². The van der Waals surface area contributed by atoms with E-state index in [4.69, 9.17) is 0 Å². The summed E-state index contributed by atoms with van der Waals surface area (Å²) in [5.41, 5.74) is -0.364. The van der Waals surface area contributed by atoms with E-state index in [2.05, 4.69) is 12.2 Å². The molecule has 2 fully saturated rings. The molecule has 2 aliphatic rings. The molecule has 33 heavy (non-hydrogen) atoms. The largest absolute Gasteiger partial charge is 0.481 e. The van der Waals surface area contributed by atoms with Crippen LogP contribution >= 0.6 is 0 Å². The van der Waals surface area contributed by atoms with Gasteiger partial charge in [-0.1, -0.05) is 95.6 Å². The second-order valence-electron chi connectivity index (χ2n) is 11.3. The Morgan fingerprint density at radius 3 is 1.45 bits per heavy atom. The first kappa shape index (κ1) is 28.1. The zero-order chi connectivity index (χ0) is 23.8. The van der Waals surface area contributed by atoms with Gasteiger partial charge in [-0.05, 0) is 71.1 Å². The Kier molecular flexibility index (Phi) is 13.4. The SMILES string of the molecule is CC(=O)C1(CCCCCCC=CCCCCCCCC2(C(=O)O)CCCCC2)CCCCC1. The number of carboxylic acid groups (broad SMARTS) is 1. The lowest BCUT2D eigenvalue weighted by Gasteiger charge is -2.35. The Morgan fingerprint density at radius 1 is 0.606 bits per heavy atom. The number of carbonyl (C=O) groups is 2. The van der Waals surface area contributed by atoms with Crippen LogP contribution in [0.4, 0.5) is 0 Å². The first-order valence-electron chi connectivity index (χ1n) is 14.4. The highest BCUT2D eigenvalue weighted by atomic mass is 16.4. The minimum Gasteiger partial charge on any atom is -0.481 e. The van der Waals surface area contributed by atoms with Crippen molar-refractivity contribution in [2.45, 2.75) is 155 Å². The first-order chi connectivity index (χ1) is 16.0. The van der Waals surface area contributed by atoms with E-state index < -0.39 is 11.4 Å². The molecule has 0 spiro atoms. The van der Waals surface area contributed by atoms with Crippen molar-refractivity contribution in [3.05, 3.63) is 12.2 Å². The summed E-state index contributed by atoms with van der Waals surface area (Å²) in [6.45, 7) is 1.82. The predicted octanol–water partition coefficient (Wildman–Crippen LogP) is 9.19. The third kappa shape index (κ3) is 9.95. The maximum Gasteiger partial charge on any atom is 0.309 e. The number of carbonyl (C=O) groups excluding carboxylic acids is 1. The second kappa shape index (κ2) is 15.7. The molecule has 0 atom stereocenters. The van der Waals surface area contributed by atoms with Gasteiger partial charge < -0.3 is 5.11 Å². The summed E-state index contributed by atoms with van der Waals surface area (Å²) in [6, 6.07) is 0. The number of Topliss-reactive ketones (excluding diaryl/α,β-unsaturated/α-hetero) is 1. The minimum atomic E-state index is -0.545. The predicted molar refractivity (Wildman–Crippen MR) is 139 cm³/mol. The molecule has 0 aromatic rings. The van der Waals surface area contributed by atoms with Crippen molar-refractivity contribution in [1.82, 2.24) is 0 Å². The van der Waals surface area contributed by atoms with Crippen LogP contribution in [0.5, 0.6) is 0 Å². The molecule has 3 heteroatoms. The molecule has 0 bridgehead atoms. The lowest BCUT2D eigenvalue weighted by atomic mass is 9.68. The van der Waals surface area contributed by atoms with E-state index in [1.54, 1.807) is 0 Å². The zero-order valence-corrected chi connectivity index (χ0v) is 21.7. The highest BCUT2D eigenvalue weighted by Gasteiger charge is 2.38. The van der Waals surface area contributed by atoms with Crippen LogP contribution in [0.25, 0.3) is 0 Å². The van der Waals surface area contributed by atoms with Gasteiger partial charge >= 0.3 is 5.97 Å². The molecule has 2 saturated carbocycles. The van der Waals surface area contributed by atoms with Crippen LogP contribution in [0.15, 0.2) is 12.2 Å². The smallest absolute Gasteiger partial charge is 0.309 e. The van der Waals surface area contributed by atoms with Crippen molar-refractivity contribution in [3.63, 3.8) is 0 Å². The molecular formula is C30H52O3. The number of hydrogen-bond acceptors (Lipinski definition) is 2. The number of hydrogen-bond donors (Lipinski definition) is 1. The van der Waals surface area contributed by atoms with Crippen LogP contribution in [-0.4, -0.2) is 16.9 Å². The normalized spacial score (nSPS) is 20.2. The second-order valence-corrected chi connectivity index (χ2v) is 11.3. The number of aliphatic carboxylic acids is 1. The van der Waals surface area contributed by atoms with Crippen molar-refractivity contribution < 1.29 is 14.7 Å². The van der Waals surface area contributed by atoms with Gasteiger partial charge in [-0.3, -0.25) is 9.59 Å². The highest BCUT2D eigenvalue weighted by Crippen LogP contribution is 2.42.